The van der Waals surface area contributed by atoms with E-state index in [1.54, 1.807) is 13.1 Å². The Bertz CT molecular complexity index is 916. The second-order valence-electron chi connectivity index (χ2n) is 6.90. The van der Waals surface area contributed by atoms with E-state index < -0.39 is 0 Å². The number of aryl methyl sites for hydroxylation is 1. The van der Waals surface area contributed by atoms with Crippen molar-refractivity contribution in [1.82, 2.24) is 10.3 Å². The van der Waals surface area contributed by atoms with Gasteiger partial charge in [-0.2, -0.15) is 0 Å². The van der Waals surface area contributed by atoms with Crippen LogP contribution in [0, 0.1) is 0 Å². The van der Waals surface area contributed by atoms with Gasteiger partial charge >= 0.3 is 0 Å². The zero-order chi connectivity index (χ0) is 21.5. The predicted molar refractivity (Wildman–Crippen MR) is 116 cm³/mol. The van der Waals surface area contributed by atoms with Crippen LogP contribution in [-0.2, 0) is 11.2 Å². The van der Waals surface area contributed by atoms with Crippen LogP contribution in [0.3, 0.4) is 0 Å². The molecule has 2 heterocycles. The van der Waals surface area contributed by atoms with Gasteiger partial charge in [0.15, 0.2) is 11.5 Å². The SMILES string of the molecule is CCOc1ccc(CCCNC(=O)c2cnc3c(c2)N(C)C(=O)CN3)cc1OCC. The summed E-state index contributed by atoms with van der Waals surface area (Å²) in [6.07, 6.45) is 3.10. The van der Waals surface area contributed by atoms with E-state index >= 15 is 0 Å². The van der Waals surface area contributed by atoms with E-state index in [2.05, 4.69) is 15.6 Å². The van der Waals surface area contributed by atoms with Gasteiger partial charge in [-0.25, -0.2) is 4.98 Å². The molecule has 1 aliphatic rings. The third kappa shape index (κ3) is 5.00. The molecule has 3 rings (SSSR count). The molecule has 0 fully saturated rings. The Morgan fingerprint density at radius 3 is 2.73 bits per heavy atom. The number of rotatable bonds is 9. The van der Waals surface area contributed by atoms with E-state index in [-0.39, 0.29) is 18.4 Å². The van der Waals surface area contributed by atoms with Crippen molar-refractivity contribution in [1.29, 1.82) is 0 Å². The third-order valence-corrected chi connectivity index (χ3v) is 4.81. The molecule has 2 N–H and O–H groups in total. The molecule has 1 aromatic carbocycles. The quantitative estimate of drug-likeness (QED) is 0.615. The van der Waals surface area contributed by atoms with E-state index in [1.165, 1.54) is 11.1 Å². The number of hydrogen-bond acceptors (Lipinski definition) is 6. The summed E-state index contributed by atoms with van der Waals surface area (Å²) in [6.45, 7) is 5.78. The number of pyridine rings is 1. The Kier molecular flexibility index (Phi) is 7.11. The number of aromatic nitrogens is 1. The largest absolute Gasteiger partial charge is 0.490 e. The number of carbonyl (C=O) groups is 2. The Labute approximate surface area is 176 Å². The van der Waals surface area contributed by atoms with Gasteiger partial charge in [-0.1, -0.05) is 6.07 Å². The minimum Gasteiger partial charge on any atom is -0.490 e. The van der Waals surface area contributed by atoms with Crippen molar-refractivity contribution < 1.29 is 19.1 Å². The zero-order valence-corrected chi connectivity index (χ0v) is 17.7. The van der Waals surface area contributed by atoms with Gasteiger partial charge in [0.2, 0.25) is 5.91 Å². The van der Waals surface area contributed by atoms with Gasteiger partial charge in [0, 0.05) is 19.8 Å². The lowest BCUT2D eigenvalue weighted by atomic mass is 10.1. The van der Waals surface area contributed by atoms with Crippen molar-refractivity contribution >= 4 is 23.3 Å². The van der Waals surface area contributed by atoms with Crippen LogP contribution in [0.15, 0.2) is 30.5 Å². The number of ether oxygens (including phenoxy) is 2. The number of benzene rings is 1. The second-order valence-corrected chi connectivity index (χ2v) is 6.90. The van der Waals surface area contributed by atoms with Crippen LogP contribution >= 0.6 is 0 Å². The topological polar surface area (TPSA) is 92.8 Å². The van der Waals surface area contributed by atoms with Crippen LogP contribution in [0.5, 0.6) is 11.5 Å². The van der Waals surface area contributed by atoms with E-state index in [0.29, 0.717) is 36.8 Å². The highest BCUT2D eigenvalue weighted by Gasteiger charge is 2.22. The first-order valence-electron chi connectivity index (χ1n) is 10.2. The average Bonchev–Trinajstić information content (AvgIpc) is 2.75. The van der Waals surface area contributed by atoms with Crippen molar-refractivity contribution in [3.63, 3.8) is 0 Å². The molecular weight excluding hydrogens is 384 g/mol. The van der Waals surface area contributed by atoms with Gasteiger partial charge in [-0.3, -0.25) is 9.59 Å². The molecule has 0 unspecified atom stereocenters. The van der Waals surface area contributed by atoms with Gasteiger partial charge in [0.1, 0.15) is 5.82 Å². The van der Waals surface area contributed by atoms with Gasteiger partial charge < -0.3 is 25.0 Å². The van der Waals surface area contributed by atoms with E-state index in [0.717, 1.165) is 29.9 Å². The summed E-state index contributed by atoms with van der Waals surface area (Å²) in [5.74, 6) is 1.82. The van der Waals surface area contributed by atoms with Crippen LogP contribution in [0.1, 0.15) is 36.2 Å². The van der Waals surface area contributed by atoms with Crippen molar-refractivity contribution in [3.05, 3.63) is 41.6 Å². The zero-order valence-electron chi connectivity index (χ0n) is 17.7. The molecule has 0 aliphatic carbocycles. The molecular formula is C22H28N4O4. The lowest BCUT2D eigenvalue weighted by molar-refractivity contribution is -0.116. The predicted octanol–water partition coefficient (Wildman–Crippen LogP) is 2.63. The van der Waals surface area contributed by atoms with Crippen molar-refractivity contribution in [3.8, 4) is 11.5 Å². The lowest BCUT2D eigenvalue weighted by Gasteiger charge is -2.26. The highest BCUT2D eigenvalue weighted by atomic mass is 16.5. The lowest BCUT2D eigenvalue weighted by Crippen LogP contribution is -2.37. The standard InChI is InChI=1S/C22H28N4O4/c1-4-29-18-9-8-15(11-19(18)30-5-2)7-6-10-23-22(28)16-12-17-21(24-13-16)25-14-20(27)26(17)3/h8-9,11-13H,4-7,10,14H2,1-3H3,(H,23,28)(H,24,25). The maximum absolute atomic E-state index is 12.5. The monoisotopic (exact) mass is 412 g/mol. The van der Waals surface area contributed by atoms with Gasteiger partial charge in [0.05, 0.1) is 31.0 Å². The Balaban J connectivity index is 1.54. The molecule has 0 saturated carbocycles. The number of nitrogens with zero attached hydrogens (tertiary/aromatic N) is 2. The fraction of sp³-hybridized carbons (Fsp3) is 0.409. The summed E-state index contributed by atoms with van der Waals surface area (Å²) in [4.78, 5) is 30.1. The Hall–Kier alpha value is -3.29. The summed E-state index contributed by atoms with van der Waals surface area (Å²) >= 11 is 0. The molecule has 160 valence electrons. The maximum Gasteiger partial charge on any atom is 0.252 e. The summed E-state index contributed by atoms with van der Waals surface area (Å²) < 4.78 is 11.2. The first kappa shape index (κ1) is 21.4. The smallest absolute Gasteiger partial charge is 0.252 e. The van der Waals surface area contributed by atoms with Crippen LogP contribution in [0.2, 0.25) is 0 Å². The van der Waals surface area contributed by atoms with Crippen molar-refractivity contribution in [2.45, 2.75) is 26.7 Å². The number of amides is 2. The number of nitrogens with one attached hydrogen (secondary N) is 2. The van der Waals surface area contributed by atoms with Gasteiger partial charge in [-0.05, 0) is 50.5 Å². The molecule has 8 nitrogen and oxygen atoms in total. The second kappa shape index (κ2) is 9.96. The van der Waals surface area contributed by atoms with Gasteiger partial charge in [0.25, 0.3) is 5.91 Å². The summed E-state index contributed by atoms with van der Waals surface area (Å²) in [6, 6.07) is 7.61. The van der Waals surface area contributed by atoms with Crippen LogP contribution in [-0.4, -0.2) is 50.1 Å². The molecule has 0 radical (unpaired) electrons. The normalized spacial score (nSPS) is 12.8. The molecule has 30 heavy (non-hydrogen) atoms. The third-order valence-electron chi connectivity index (χ3n) is 4.81. The molecule has 8 heteroatoms. The van der Waals surface area contributed by atoms with Crippen LogP contribution < -0.4 is 25.0 Å². The summed E-state index contributed by atoms with van der Waals surface area (Å²) in [5.41, 5.74) is 2.16. The fourth-order valence-electron chi connectivity index (χ4n) is 3.23. The van der Waals surface area contributed by atoms with Gasteiger partial charge in [-0.15, -0.1) is 0 Å². The van der Waals surface area contributed by atoms with Crippen LogP contribution in [0.25, 0.3) is 0 Å². The first-order valence-corrected chi connectivity index (χ1v) is 10.2. The number of carbonyl (C=O) groups excluding carboxylic acids is 2. The molecule has 0 bridgehead atoms. The number of likely N-dealkylation sites (N-methyl/N-ethyl adjacent to an activating group) is 1. The Morgan fingerprint density at radius 2 is 1.97 bits per heavy atom. The van der Waals surface area contributed by atoms with Crippen molar-refractivity contribution in [2.75, 3.05) is 43.6 Å². The maximum atomic E-state index is 12.5. The summed E-state index contributed by atoms with van der Waals surface area (Å²) in [7, 11) is 1.68. The molecule has 0 spiro atoms. The first-order chi connectivity index (χ1) is 14.5. The number of hydrogen-bond donors (Lipinski definition) is 2. The molecule has 1 aromatic heterocycles. The van der Waals surface area contributed by atoms with E-state index in [4.69, 9.17) is 9.47 Å². The fourth-order valence-corrected chi connectivity index (χ4v) is 3.23. The molecule has 0 atom stereocenters. The minimum absolute atomic E-state index is 0.0661. The minimum atomic E-state index is -0.210. The number of fused-ring (bicyclic) bond motifs is 1. The number of anilines is 2. The molecule has 1 aliphatic heterocycles. The average molecular weight is 412 g/mol. The molecule has 2 aromatic rings. The van der Waals surface area contributed by atoms with Crippen molar-refractivity contribution in [2.24, 2.45) is 0 Å². The Morgan fingerprint density at radius 1 is 1.20 bits per heavy atom. The molecule has 2 amide bonds. The summed E-state index contributed by atoms with van der Waals surface area (Å²) in [5, 5.41) is 5.87. The molecule has 0 saturated heterocycles. The highest BCUT2D eigenvalue weighted by Crippen LogP contribution is 2.29. The van der Waals surface area contributed by atoms with E-state index in [9.17, 15) is 9.59 Å². The highest BCUT2D eigenvalue weighted by molar-refractivity contribution is 6.03. The van der Waals surface area contributed by atoms with Crippen LogP contribution in [0.4, 0.5) is 11.5 Å². The van der Waals surface area contributed by atoms with E-state index in [1.807, 2.05) is 32.0 Å².